The molecule has 0 N–H and O–H groups in total. The van der Waals surface area contributed by atoms with Crippen molar-refractivity contribution in [1.29, 1.82) is 0 Å². The van der Waals surface area contributed by atoms with Crippen LogP contribution in [0.3, 0.4) is 0 Å². The maximum atomic E-state index is 2.25. The minimum atomic E-state index is 1.04. The summed E-state index contributed by atoms with van der Waals surface area (Å²) in [5, 5.41) is 0. The molecule has 0 saturated heterocycles. The molecule has 0 atom stereocenters. The average molecular weight is 173 g/mol. The maximum Gasteiger partial charge on any atom is -0.0166 e. The summed E-state index contributed by atoms with van der Waals surface area (Å²) < 4.78 is 0. The lowest BCUT2D eigenvalue weighted by molar-refractivity contribution is 0.997. The van der Waals surface area contributed by atoms with Gasteiger partial charge in [0.2, 0.25) is 0 Å². The van der Waals surface area contributed by atoms with Crippen molar-refractivity contribution in [3.63, 3.8) is 0 Å². The number of allylic oxidation sites excluding steroid dienone is 8. The predicted octanol–water partition coefficient (Wildman–Crippen LogP) is 3.99. The zero-order chi connectivity index (χ0) is 9.19. The van der Waals surface area contributed by atoms with E-state index in [-0.39, 0.29) is 0 Å². The topological polar surface area (TPSA) is 0 Å². The standard InChI is InChI=1S/C13H17/c1-2-4-6-8-10-12-13-11-9-7-5-3-1/h1-4,7-11H,5-6,12-13H2/b3-1+,4-2-,9-7+,10-8-. The highest BCUT2D eigenvalue weighted by atomic mass is 13.9. The number of hydrogen-bond donors (Lipinski definition) is 0. The summed E-state index contributed by atoms with van der Waals surface area (Å²) in [5.74, 6) is 0. The minimum absolute atomic E-state index is 1.04. The van der Waals surface area contributed by atoms with E-state index in [2.05, 4.69) is 55.0 Å². The first kappa shape index (κ1) is 10.0. The minimum Gasteiger partial charge on any atom is -0.0882 e. The van der Waals surface area contributed by atoms with E-state index >= 15 is 0 Å². The molecule has 1 radical (unpaired) electrons. The Morgan fingerprint density at radius 2 is 1.23 bits per heavy atom. The highest BCUT2D eigenvalue weighted by molar-refractivity contribution is 5.08. The van der Waals surface area contributed by atoms with E-state index in [1.165, 1.54) is 0 Å². The Morgan fingerprint density at radius 3 is 2.08 bits per heavy atom. The Morgan fingerprint density at radius 1 is 0.538 bits per heavy atom. The second-order valence-corrected chi connectivity index (χ2v) is 3.04. The van der Waals surface area contributed by atoms with Gasteiger partial charge in [-0.15, -0.1) is 0 Å². The molecular formula is C13H17. The lowest BCUT2D eigenvalue weighted by Crippen LogP contribution is -1.70. The molecule has 1 rings (SSSR count). The van der Waals surface area contributed by atoms with Gasteiger partial charge in [0.1, 0.15) is 0 Å². The number of rotatable bonds is 0. The summed E-state index contributed by atoms with van der Waals surface area (Å²) in [4.78, 5) is 0. The van der Waals surface area contributed by atoms with Crippen molar-refractivity contribution in [2.24, 2.45) is 0 Å². The molecule has 0 aromatic carbocycles. The quantitative estimate of drug-likeness (QED) is 0.486. The molecular weight excluding hydrogens is 156 g/mol. The Hall–Kier alpha value is -1.04. The molecule has 0 heteroatoms. The van der Waals surface area contributed by atoms with Gasteiger partial charge in [-0.05, 0) is 32.1 Å². The summed E-state index contributed by atoms with van der Waals surface area (Å²) >= 11 is 0. The highest BCUT2D eigenvalue weighted by Gasteiger charge is 1.81. The molecule has 0 spiro atoms. The van der Waals surface area contributed by atoms with Crippen LogP contribution in [0.1, 0.15) is 25.7 Å². The van der Waals surface area contributed by atoms with E-state index in [0.717, 1.165) is 25.7 Å². The molecule has 13 heavy (non-hydrogen) atoms. The molecule has 0 unspecified atom stereocenters. The Bertz CT molecular complexity index is 192. The van der Waals surface area contributed by atoms with E-state index in [9.17, 15) is 0 Å². The average Bonchev–Trinajstić information content (AvgIpc) is 2.18. The van der Waals surface area contributed by atoms with Gasteiger partial charge >= 0.3 is 0 Å². The van der Waals surface area contributed by atoms with Crippen LogP contribution in [0, 0.1) is 6.42 Å². The van der Waals surface area contributed by atoms with Gasteiger partial charge in [0.25, 0.3) is 0 Å². The summed E-state index contributed by atoms with van der Waals surface area (Å²) in [6.07, 6.45) is 24.0. The first-order valence-electron chi connectivity index (χ1n) is 4.95. The fourth-order valence-electron chi connectivity index (χ4n) is 1.15. The lowest BCUT2D eigenvalue weighted by atomic mass is 10.2. The van der Waals surface area contributed by atoms with Crippen LogP contribution in [0.5, 0.6) is 0 Å². The van der Waals surface area contributed by atoms with E-state index < -0.39 is 0 Å². The third kappa shape index (κ3) is 6.15. The molecule has 0 bridgehead atoms. The maximum absolute atomic E-state index is 2.25. The van der Waals surface area contributed by atoms with E-state index in [4.69, 9.17) is 0 Å². The fraction of sp³-hybridized carbons (Fsp3) is 0.308. The van der Waals surface area contributed by atoms with Crippen molar-refractivity contribution < 1.29 is 0 Å². The molecule has 0 amide bonds. The summed E-state index contributed by atoms with van der Waals surface area (Å²) in [5.41, 5.74) is 0. The van der Waals surface area contributed by atoms with Gasteiger partial charge < -0.3 is 0 Å². The van der Waals surface area contributed by atoms with Crippen molar-refractivity contribution in [3.05, 3.63) is 55.0 Å². The van der Waals surface area contributed by atoms with E-state index in [1.807, 2.05) is 0 Å². The summed E-state index contributed by atoms with van der Waals surface area (Å²) in [6.45, 7) is 0. The van der Waals surface area contributed by atoms with Gasteiger partial charge in [-0.3, -0.25) is 0 Å². The lowest BCUT2D eigenvalue weighted by Gasteiger charge is -1.88. The predicted molar refractivity (Wildman–Crippen MR) is 59.3 cm³/mol. The molecule has 0 aromatic rings. The molecule has 0 nitrogen and oxygen atoms in total. The van der Waals surface area contributed by atoms with Crippen LogP contribution in [-0.4, -0.2) is 0 Å². The van der Waals surface area contributed by atoms with Crippen molar-refractivity contribution in [3.8, 4) is 0 Å². The van der Waals surface area contributed by atoms with Gasteiger partial charge in [0, 0.05) is 0 Å². The SMILES string of the molecule is [CH]1/C=C/C/C=C/C=C\C/C=C\CC1. The van der Waals surface area contributed by atoms with E-state index in [1.54, 1.807) is 0 Å². The Kier molecular flexibility index (Phi) is 5.87. The second kappa shape index (κ2) is 7.60. The van der Waals surface area contributed by atoms with Gasteiger partial charge in [-0.25, -0.2) is 0 Å². The molecule has 0 saturated carbocycles. The number of hydrogen-bond acceptors (Lipinski definition) is 0. The van der Waals surface area contributed by atoms with Crippen molar-refractivity contribution in [2.75, 3.05) is 0 Å². The van der Waals surface area contributed by atoms with Crippen LogP contribution in [0.2, 0.25) is 0 Å². The molecule has 69 valence electrons. The van der Waals surface area contributed by atoms with Gasteiger partial charge in [0.15, 0.2) is 0 Å². The van der Waals surface area contributed by atoms with Gasteiger partial charge in [0.05, 0.1) is 0 Å². The monoisotopic (exact) mass is 173 g/mol. The molecule has 0 aliphatic heterocycles. The smallest absolute Gasteiger partial charge is 0.0166 e. The first-order valence-corrected chi connectivity index (χ1v) is 4.95. The van der Waals surface area contributed by atoms with E-state index in [0.29, 0.717) is 0 Å². The van der Waals surface area contributed by atoms with Crippen LogP contribution in [0.15, 0.2) is 48.6 Å². The molecule has 1 aliphatic rings. The fourth-order valence-corrected chi connectivity index (χ4v) is 1.15. The van der Waals surface area contributed by atoms with Crippen LogP contribution in [0.4, 0.5) is 0 Å². The Balaban J connectivity index is 2.38. The van der Waals surface area contributed by atoms with Gasteiger partial charge in [-0.2, -0.15) is 0 Å². The van der Waals surface area contributed by atoms with Crippen molar-refractivity contribution in [2.45, 2.75) is 25.7 Å². The molecule has 0 aromatic heterocycles. The van der Waals surface area contributed by atoms with Crippen molar-refractivity contribution >= 4 is 0 Å². The largest absolute Gasteiger partial charge is 0.0882 e. The normalized spacial score (nSPS) is 28.9. The van der Waals surface area contributed by atoms with Crippen LogP contribution >= 0.6 is 0 Å². The molecule has 0 fully saturated rings. The zero-order valence-electron chi connectivity index (χ0n) is 8.02. The zero-order valence-corrected chi connectivity index (χ0v) is 8.02. The Labute approximate surface area is 81.4 Å². The summed E-state index contributed by atoms with van der Waals surface area (Å²) in [6, 6.07) is 0. The summed E-state index contributed by atoms with van der Waals surface area (Å²) in [7, 11) is 0. The molecule has 0 heterocycles. The third-order valence-corrected chi connectivity index (χ3v) is 1.87. The van der Waals surface area contributed by atoms with Crippen LogP contribution in [0.25, 0.3) is 0 Å². The second-order valence-electron chi connectivity index (χ2n) is 3.04. The van der Waals surface area contributed by atoms with Gasteiger partial charge in [-0.1, -0.05) is 48.6 Å². The first-order chi connectivity index (χ1) is 6.50. The van der Waals surface area contributed by atoms with Crippen LogP contribution < -0.4 is 0 Å². The third-order valence-electron chi connectivity index (χ3n) is 1.87. The van der Waals surface area contributed by atoms with Crippen LogP contribution in [-0.2, 0) is 0 Å². The highest BCUT2D eigenvalue weighted by Crippen LogP contribution is 2.00. The van der Waals surface area contributed by atoms with Crippen molar-refractivity contribution in [1.82, 2.24) is 0 Å². The molecule has 1 aliphatic carbocycles.